The molecule has 0 aliphatic rings. The van der Waals surface area contributed by atoms with Gasteiger partial charge in [-0.25, -0.2) is 4.98 Å². The van der Waals surface area contributed by atoms with Gasteiger partial charge in [0, 0.05) is 24.3 Å². The predicted octanol–water partition coefficient (Wildman–Crippen LogP) is 1.52. The maximum absolute atomic E-state index is 12.0. The minimum atomic E-state index is -0.392. The number of carbonyl (C=O) groups excluding carboxylic acids is 1. The Morgan fingerprint density at radius 3 is 2.91 bits per heavy atom. The number of methoxy groups -OCH3 is 1. The van der Waals surface area contributed by atoms with Crippen molar-refractivity contribution in [2.75, 3.05) is 7.11 Å². The molecule has 0 radical (unpaired) electrons. The Labute approximate surface area is 129 Å². The van der Waals surface area contributed by atoms with E-state index in [0.717, 1.165) is 6.42 Å². The van der Waals surface area contributed by atoms with E-state index in [1.165, 1.54) is 17.6 Å². The second-order valence-electron chi connectivity index (χ2n) is 5.54. The molecule has 1 N–H and O–H groups in total. The number of rotatable bonds is 6. The Morgan fingerprint density at radius 1 is 1.45 bits per heavy atom. The van der Waals surface area contributed by atoms with E-state index in [4.69, 9.17) is 4.74 Å². The van der Waals surface area contributed by atoms with Crippen LogP contribution in [0.1, 0.15) is 32.4 Å². The summed E-state index contributed by atoms with van der Waals surface area (Å²) in [4.78, 5) is 28.0. The molecule has 2 aromatic heterocycles. The lowest BCUT2D eigenvalue weighted by Gasteiger charge is -2.28. The SMILES string of the molecule is CC[C@@](C)(CC(=O)OC)NCc1cc(=O)n2ccccc2n1. The topological polar surface area (TPSA) is 72.7 Å². The Morgan fingerprint density at radius 2 is 2.23 bits per heavy atom. The van der Waals surface area contributed by atoms with Gasteiger partial charge in [-0.05, 0) is 25.5 Å². The average molecular weight is 303 g/mol. The summed E-state index contributed by atoms with van der Waals surface area (Å²) >= 11 is 0. The van der Waals surface area contributed by atoms with Crippen molar-refractivity contribution in [3.05, 3.63) is 46.5 Å². The molecule has 0 saturated heterocycles. The van der Waals surface area contributed by atoms with Crippen molar-refractivity contribution in [3.8, 4) is 0 Å². The quantitative estimate of drug-likeness (QED) is 0.819. The fourth-order valence-electron chi connectivity index (χ4n) is 2.20. The van der Waals surface area contributed by atoms with Crippen molar-refractivity contribution in [2.45, 2.75) is 38.8 Å². The van der Waals surface area contributed by atoms with Crippen molar-refractivity contribution in [1.29, 1.82) is 0 Å². The van der Waals surface area contributed by atoms with Gasteiger partial charge in [0.05, 0.1) is 19.2 Å². The van der Waals surface area contributed by atoms with Crippen molar-refractivity contribution >= 4 is 11.6 Å². The molecule has 22 heavy (non-hydrogen) atoms. The van der Waals surface area contributed by atoms with Crippen LogP contribution < -0.4 is 10.9 Å². The van der Waals surface area contributed by atoms with Gasteiger partial charge >= 0.3 is 5.97 Å². The van der Waals surface area contributed by atoms with Crippen LogP contribution in [-0.2, 0) is 16.1 Å². The zero-order valence-electron chi connectivity index (χ0n) is 13.1. The van der Waals surface area contributed by atoms with E-state index in [-0.39, 0.29) is 17.9 Å². The van der Waals surface area contributed by atoms with Crippen LogP contribution in [0.3, 0.4) is 0 Å². The lowest BCUT2D eigenvalue weighted by atomic mass is 9.94. The Bertz CT molecular complexity index is 726. The lowest BCUT2D eigenvalue weighted by Crippen LogP contribution is -2.43. The molecule has 0 aliphatic carbocycles. The highest BCUT2D eigenvalue weighted by atomic mass is 16.5. The van der Waals surface area contributed by atoms with Gasteiger partial charge in [-0.15, -0.1) is 0 Å². The number of pyridine rings is 1. The molecule has 0 aliphatic heterocycles. The lowest BCUT2D eigenvalue weighted by molar-refractivity contribution is -0.142. The first-order valence-corrected chi connectivity index (χ1v) is 7.26. The molecule has 0 amide bonds. The van der Waals surface area contributed by atoms with E-state index >= 15 is 0 Å². The second kappa shape index (κ2) is 6.70. The van der Waals surface area contributed by atoms with Crippen LogP contribution in [-0.4, -0.2) is 28.0 Å². The molecule has 0 bridgehead atoms. The van der Waals surface area contributed by atoms with E-state index in [1.54, 1.807) is 18.3 Å². The zero-order chi connectivity index (χ0) is 16.2. The normalized spacial score (nSPS) is 13.8. The molecule has 0 aromatic carbocycles. The highest BCUT2D eigenvalue weighted by Crippen LogP contribution is 2.16. The number of nitrogens with zero attached hydrogens (tertiary/aromatic N) is 2. The largest absolute Gasteiger partial charge is 0.469 e. The van der Waals surface area contributed by atoms with E-state index in [0.29, 0.717) is 17.9 Å². The molecule has 2 heterocycles. The Hall–Kier alpha value is -2.21. The van der Waals surface area contributed by atoms with Crippen LogP contribution in [0.4, 0.5) is 0 Å². The molecule has 6 nitrogen and oxygen atoms in total. The van der Waals surface area contributed by atoms with Gasteiger partial charge in [0.25, 0.3) is 5.56 Å². The van der Waals surface area contributed by atoms with Crippen LogP contribution >= 0.6 is 0 Å². The summed E-state index contributed by atoms with van der Waals surface area (Å²) in [7, 11) is 1.38. The third-order valence-electron chi connectivity index (χ3n) is 3.86. The molecule has 2 aromatic rings. The number of aromatic nitrogens is 2. The molecular weight excluding hydrogens is 282 g/mol. The van der Waals surface area contributed by atoms with Gasteiger partial charge in [-0.1, -0.05) is 13.0 Å². The molecule has 0 fully saturated rings. The third-order valence-corrected chi connectivity index (χ3v) is 3.86. The summed E-state index contributed by atoms with van der Waals surface area (Å²) < 4.78 is 6.23. The number of hydrogen-bond acceptors (Lipinski definition) is 5. The molecule has 118 valence electrons. The molecule has 0 saturated carbocycles. The molecule has 6 heteroatoms. The predicted molar refractivity (Wildman–Crippen MR) is 83.6 cm³/mol. The van der Waals surface area contributed by atoms with Gasteiger partial charge in [0.2, 0.25) is 0 Å². The molecule has 2 rings (SSSR count). The maximum Gasteiger partial charge on any atom is 0.307 e. The van der Waals surface area contributed by atoms with Crippen LogP contribution in [0, 0.1) is 0 Å². The number of nitrogens with one attached hydrogen (secondary N) is 1. The Balaban J connectivity index is 2.16. The standard InChI is InChI=1S/C16H21N3O3/c1-4-16(2,10-15(21)22-3)17-11-12-9-14(20)19-8-6-5-7-13(19)18-12/h5-9,17H,4,10-11H2,1-3H3/t16-/m0/s1. The first-order chi connectivity index (χ1) is 10.5. The number of carbonyl (C=O) groups is 1. The molecule has 0 unspecified atom stereocenters. The van der Waals surface area contributed by atoms with Gasteiger partial charge in [-0.3, -0.25) is 14.0 Å². The van der Waals surface area contributed by atoms with Gasteiger partial charge in [0.1, 0.15) is 5.65 Å². The van der Waals surface area contributed by atoms with Crippen molar-refractivity contribution in [3.63, 3.8) is 0 Å². The van der Waals surface area contributed by atoms with E-state index in [2.05, 4.69) is 10.3 Å². The van der Waals surface area contributed by atoms with Crippen LogP contribution in [0.5, 0.6) is 0 Å². The maximum atomic E-state index is 12.0. The average Bonchev–Trinajstić information content (AvgIpc) is 2.53. The highest BCUT2D eigenvalue weighted by molar-refractivity contribution is 5.70. The zero-order valence-corrected chi connectivity index (χ0v) is 13.1. The minimum absolute atomic E-state index is 0.117. The fraction of sp³-hybridized carbons (Fsp3) is 0.438. The smallest absolute Gasteiger partial charge is 0.307 e. The van der Waals surface area contributed by atoms with E-state index in [9.17, 15) is 9.59 Å². The fourth-order valence-corrected chi connectivity index (χ4v) is 2.20. The Kier molecular flexibility index (Phi) is 4.92. The van der Waals surface area contributed by atoms with Crippen molar-refractivity contribution in [2.24, 2.45) is 0 Å². The second-order valence-corrected chi connectivity index (χ2v) is 5.54. The van der Waals surface area contributed by atoms with Gasteiger partial charge < -0.3 is 10.1 Å². The number of ether oxygens (including phenoxy) is 1. The first-order valence-electron chi connectivity index (χ1n) is 7.26. The molecular formula is C16H21N3O3. The highest BCUT2D eigenvalue weighted by Gasteiger charge is 2.25. The summed E-state index contributed by atoms with van der Waals surface area (Å²) in [6, 6.07) is 6.93. The molecule has 0 spiro atoms. The summed E-state index contributed by atoms with van der Waals surface area (Å²) in [6.07, 6.45) is 2.72. The minimum Gasteiger partial charge on any atom is -0.469 e. The van der Waals surface area contributed by atoms with Crippen LogP contribution in [0.15, 0.2) is 35.3 Å². The third kappa shape index (κ3) is 3.71. The number of esters is 1. The number of fused-ring (bicyclic) bond motifs is 1. The monoisotopic (exact) mass is 303 g/mol. The van der Waals surface area contributed by atoms with Crippen LogP contribution in [0.2, 0.25) is 0 Å². The first kappa shape index (κ1) is 16.2. The summed E-state index contributed by atoms with van der Waals surface area (Å²) in [6.45, 7) is 4.37. The summed E-state index contributed by atoms with van der Waals surface area (Å²) in [5.41, 5.74) is 0.753. The van der Waals surface area contributed by atoms with Crippen LogP contribution in [0.25, 0.3) is 5.65 Å². The van der Waals surface area contributed by atoms with E-state index in [1.807, 2.05) is 19.9 Å². The van der Waals surface area contributed by atoms with E-state index < -0.39 is 5.54 Å². The van der Waals surface area contributed by atoms with Gasteiger partial charge in [-0.2, -0.15) is 0 Å². The number of hydrogen-bond donors (Lipinski definition) is 1. The summed E-state index contributed by atoms with van der Waals surface area (Å²) in [5.74, 6) is -0.261. The summed E-state index contributed by atoms with van der Waals surface area (Å²) in [5, 5.41) is 3.31. The van der Waals surface area contributed by atoms with Crippen molar-refractivity contribution in [1.82, 2.24) is 14.7 Å². The van der Waals surface area contributed by atoms with Crippen molar-refractivity contribution < 1.29 is 9.53 Å². The van der Waals surface area contributed by atoms with Gasteiger partial charge in [0.15, 0.2) is 0 Å². The molecule has 1 atom stereocenters.